The van der Waals surface area contributed by atoms with Gasteiger partial charge in [-0.1, -0.05) is 6.20 Å². The van der Waals surface area contributed by atoms with Gasteiger partial charge in [-0.2, -0.15) is 11.3 Å². The molecular formula is C4H6BN2OSY-. The molecule has 0 aliphatic heterocycles. The van der Waals surface area contributed by atoms with Crippen molar-refractivity contribution in [3.8, 4) is 0 Å². The maximum absolute atomic E-state index is 6.92. The molecule has 0 fully saturated rings. The summed E-state index contributed by atoms with van der Waals surface area (Å²) in [5.41, 5.74) is 6.92. The Morgan fingerprint density at radius 3 is 2.30 bits per heavy atom. The van der Waals surface area contributed by atoms with Crippen LogP contribution >= 0.6 is 11.3 Å². The van der Waals surface area contributed by atoms with E-state index in [4.69, 9.17) is 10.8 Å². The Bertz CT molecular complexity index is 156. The number of rotatable bonds is 0. The van der Waals surface area contributed by atoms with E-state index in [1.165, 1.54) is 11.3 Å². The third-order valence-corrected chi connectivity index (χ3v) is 1.35. The fraction of sp³-hybridized carbons (Fsp3) is 0.250. The van der Waals surface area contributed by atoms with Gasteiger partial charge in [-0.3, -0.25) is 0 Å². The van der Waals surface area contributed by atoms with Crippen molar-refractivity contribution in [1.29, 1.82) is 0 Å². The van der Waals surface area contributed by atoms with Crippen molar-refractivity contribution in [3.05, 3.63) is 16.8 Å². The molecule has 6 heteroatoms. The Morgan fingerprint density at radius 1 is 1.70 bits per heavy atom. The molecule has 0 aliphatic carbocycles. The van der Waals surface area contributed by atoms with Crippen LogP contribution in [-0.4, -0.2) is 18.1 Å². The Morgan fingerprint density at radius 2 is 2.20 bits per heavy atom. The van der Waals surface area contributed by atoms with Gasteiger partial charge in [0, 0.05) is 32.7 Å². The summed E-state index contributed by atoms with van der Waals surface area (Å²) in [6.07, 6.45) is 1.70. The topological polar surface area (TPSA) is 56.9 Å². The first kappa shape index (κ1) is 13.2. The van der Waals surface area contributed by atoms with E-state index < -0.39 is 0 Å². The van der Waals surface area contributed by atoms with Gasteiger partial charge < -0.3 is 15.7 Å². The third-order valence-electron chi connectivity index (χ3n) is 0.621. The van der Waals surface area contributed by atoms with Crippen molar-refractivity contribution < 1.29 is 37.7 Å². The van der Waals surface area contributed by atoms with Crippen LogP contribution in [0.3, 0.4) is 0 Å². The van der Waals surface area contributed by atoms with E-state index in [1.807, 2.05) is 6.92 Å². The summed E-state index contributed by atoms with van der Waals surface area (Å²) >= 11 is 1.40. The number of nitrogens with one attached hydrogen (secondary N) is 1. The van der Waals surface area contributed by atoms with Gasteiger partial charge in [-0.25, -0.2) is 0 Å². The first-order chi connectivity index (χ1) is 4.29. The maximum atomic E-state index is 6.92. The van der Waals surface area contributed by atoms with Crippen LogP contribution < -0.4 is 0 Å². The molecule has 0 saturated carbocycles. The molecule has 0 amide bonds. The molecule has 1 heterocycles. The van der Waals surface area contributed by atoms with Crippen LogP contribution in [0.1, 0.15) is 4.88 Å². The Kier molecular flexibility index (Phi) is 10.1. The standard InChI is InChI=1S/C4H5N2S.BHO.Y/c1-3-2-6-4(5)7-3;1-2;/h2H,1H3,(H-,5,6);2H;/q-1;;. The summed E-state index contributed by atoms with van der Waals surface area (Å²) in [4.78, 5) is 4.80. The first-order valence-electron chi connectivity index (χ1n) is 2.19. The molecule has 10 heavy (non-hydrogen) atoms. The van der Waals surface area contributed by atoms with Crippen molar-refractivity contribution in [2.45, 2.75) is 6.92 Å². The van der Waals surface area contributed by atoms with Crippen molar-refractivity contribution >= 4 is 24.5 Å². The van der Waals surface area contributed by atoms with Crippen molar-refractivity contribution in [1.82, 2.24) is 4.98 Å². The zero-order valence-electron chi connectivity index (χ0n) is 5.53. The van der Waals surface area contributed by atoms with Gasteiger partial charge >= 0.3 is 0 Å². The molecule has 1 rings (SSSR count). The second-order valence-electron chi connectivity index (χ2n) is 1.28. The predicted octanol–water partition coefficient (Wildman–Crippen LogP) is 1.19. The monoisotopic (exact) mass is 230 g/mol. The molecule has 0 saturated heterocycles. The number of thiazole rings is 1. The summed E-state index contributed by atoms with van der Waals surface area (Å²) in [6, 6.07) is 0. The molecule has 0 aliphatic rings. The summed E-state index contributed by atoms with van der Waals surface area (Å²) in [7, 11) is 3.50. The maximum Gasteiger partial charge on any atom is 0.277 e. The first-order valence-corrected chi connectivity index (χ1v) is 3.00. The van der Waals surface area contributed by atoms with Crippen LogP contribution in [-0.2, 0) is 32.7 Å². The van der Waals surface area contributed by atoms with Crippen LogP contribution in [0.4, 0.5) is 5.13 Å². The van der Waals surface area contributed by atoms with E-state index >= 15 is 0 Å². The van der Waals surface area contributed by atoms with Crippen LogP contribution in [0.15, 0.2) is 6.20 Å². The smallest absolute Gasteiger partial charge is 0.277 e. The minimum absolute atomic E-state index is 0. The summed E-state index contributed by atoms with van der Waals surface area (Å²) in [5, 5.41) is 6.90. The predicted molar refractivity (Wildman–Crippen MR) is 38.8 cm³/mol. The average molecular weight is 230 g/mol. The van der Waals surface area contributed by atoms with Gasteiger partial charge in [0.25, 0.3) is 8.05 Å². The van der Waals surface area contributed by atoms with Crippen LogP contribution in [0, 0.1) is 6.92 Å². The second kappa shape index (κ2) is 7.66. The Hall–Kier alpha value is 0.559. The Labute approximate surface area is 90.4 Å². The molecule has 0 bridgehead atoms. The Balaban J connectivity index is 0. The van der Waals surface area contributed by atoms with E-state index in [0.29, 0.717) is 5.13 Å². The largest absolute Gasteiger partial charge is 0.473 e. The van der Waals surface area contributed by atoms with E-state index in [2.05, 4.69) is 13.0 Å². The summed E-state index contributed by atoms with van der Waals surface area (Å²) < 4.78 is 0. The molecule has 3 radical (unpaired) electrons. The number of nitrogens with zero attached hydrogens (tertiary/aromatic N) is 1. The minimum atomic E-state index is 0. The third kappa shape index (κ3) is 5.35. The van der Waals surface area contributed by atoms with Crippen LogP contribution in [0.2, 0.25) is 0 Å². The van der Waals surface area contributed by atoms with E-state index in [9.17, 15) is 0 Å². The summed E-state index contributed by atoms with van der Waals surface area (Å²) in [6.45, 7) is 1.94. The van der Waals surface area contributed by atoms with Crippen molar-refractivity contribution in [3.63, 3.8) is 0 Å². The number of aryl methyl sites for hydroxylation is 1. The van der Waals surface area contributed by atoms with Gasteiger partial charge in [0.15, 0.2) is 0 Å². The zero-order chi connectivity index (χ0) is 7.28. The van der Waals surface area contributed by atoms with E-state index in [0.717, 1.165) is 4.88 Å². The molecule has 1 aromatic heterocycles. The zero-order valence-corrected chi connectivity index (χ0v) is 9.19. The van der Waals surface area contributed by atoms with Gasteiger partial charge in [-0.05, 0) is 16.9 Å². The SMILES string of the molecule is Cc1cnc([NH-])s1.[B]O.[Y]. The van der Waals surface area contributed by atoms with Crippen LogP contribution in [0.5, 0.6) is 0 Å². The second-order valence-corrected chi connectivity index (χ2v) is 2.51. The molecule has 2 N–H and O–H groups in total. The van der Waals surface area contributed by atoms with Crippen molar-refractivity contribution in [2.75, 3.05) is 0 Å². The van der Waals surface area contributed by atoms with Crippen molar-refractivity contribution in [2.24, 2.45) is 0 Å². The van der Waals surface area contributed by atoms with Gasteiger partial charge in [-0.15, -0.1) is 0 Å². The molecule has 3 nitrogen and oxygen atoms in total. The molecular weight excluding hydrogens is 224 g/mol. The average Bonchev–Trinajstić information content (AvgIpc) is 2.20. The number of hydrogen-bond donors (Lipinski definition) is 1. The molecule has 0 atom stereocenters. The molecule has 0 aromatic carbocycles. The molecule has 0 spiro atoms. The fourth-order valence-electron chi connectivity index (χ4n) is 0.355. The van der Waals surface area contributed by atoms with Gasteiger partial charge in [0.2, 0.25) is 0 Å². The quantitative estimate of drug-likeness (QED) is 0.680. The molecule has 0 unspecified atom stereocenters. The number of hydrogen-bond acceptors (Lipinski definition) is 3. The molecule has 51 valence electrons. The van der Waals surface area contributed by atoms with Gasteiger partial charge in [0.05, 0.1) is 0 Å². The fourth-order valence-corrected chi connectivity index (χ4v) is 0.871. The minimum Gasteiger partial charge on any atom is -0.473 e. The van der Waals surface area contributed by atoms with Gasteiger partial charge in [0.1, 0.15) is 0 Å². The molecule has 1 aromatic rings. The normalized spacial score (nSPS) is 7.00. The number of aromatic nitrogens is 1. The van der Waals surface area contributed by atoms with E-state index in [1.54, 1.807) is 6.20 Å². The van der Waals surface area contributed by atoms with E-state index in [-0.39, 0.29) is 32.7 Å². The summed E-state index contributed by atoms with van der Waals surface area (Å²) in [5.74, 6) is 0. The van der Waals surface area contributed by atoms with Crippen LogP contribution in [0.25, 0.3) is 5.73 Å².